The molecule has 0 unspecified atom stereocenters. The van der Waals surface area contributed by atoms with Crippen molar-refractivity contribution in [2.24, 2.45) is 0 Å². The molecule has 2 fully saturated rings. The van der Waals surface area contributed by atoms with Gasteiger partial charge >= 0.3 is 12.4 Å². The van der Waals surface area contributed by atoms with E-state index in [1.165, 1.54) is 56.5 Å². The molecule has 10 rings (SSSR count). The minimum atomic E-state index is -4.76. The van der Waals surface area contributed by atoms with Crippen molar-refractivity contribution in [1.29, 1.82) is 0 Å². The van der Waals surface area contributed by atoms with Crippen LogP contribution in [0.5, 0.6) is 35.0 Å². The number of halogens is 6. The van der Waals surface area contributed by atoms with E-state index in [4.69, 9.17) is 28.4 Å². The zero-order valence-corrected chi connectivity index (χ0v) is 49.8. The summed E-state index contributed by atoms with van der Waals surface area (Å²) in [7, 11) is 8.94. The second kappa shape index (κ2) is 26.2. The fraction of sp³-hybridized carbons (Fsp3) is 0.400. The Kier molecular flexibility index (Phi) is 19.0. The summed E-state index contributed by atoms with van der Waals surface area (Å²) in [4.78, 5) is 52.7. The van der Waals surface area contributed by atoms with Crippen molar-refractivity contribution in [3.63, 3.8) is 0 Å². The second-order valence-corrected chi connectivity index (χ2v) is 20.9. The van der Waals surface area contributed by atoms with Gasteiger partial charge in [-0.25, -0.2) is 19.0 Å². The molecule has 22 nitrogen and oxygen atoms in total. The van der Waals surface area contributed by atoms with Crippen LogP contribution >= 0.6 is 0 Å². The number of ether oxygens (including phenoxy) is 6. The maximum absolute atomic E-state index is 14.4. The maximum Gasteiger partial charge on any atom is 0.433 e. The molecule has 0 spiro atoms. The topological polar surface area (TPSA) is 229 Å². The van der Waals surface area contributed by atoms with Crippen LogP contribution < -0.4 is 28.4 Å². The number of piperazine rings is 2. The molecular weight excluding hydrogens is 1160 g/mol. The molecule has 2 aliphatic heterocycles. The Morgan fingerprint density at radius 2 is 0.886 bits per heavy atom. The summed E-state index contributed by atoms with van der Waals surface area (Å²) >= 11 is 0. The molecule has 2 aromatic carbocycles. The molecule has 28 heteroatoms. The van der Waals surface area contributed by atoms with Gasteiger partial charge in [-0.1, -0.05) is 0 Å². The molecule has 4 atom stereocenters. The number of benzene rings is 2. The van der Waals surface area contributed by atoms with Gasteiger partial charge in [0, 0.05) is 96.9 Å². The molecule has 0 radical (unpaired) electrons. The zero-order valence-electron chi connectivity index (χ0n) is 49.8. The summed E-state index contributed by atoms with van der Waals surface area (Å²) in [6.07, 6.45) is -7.23. The van der Waals surface area contributed by atoms with Gasteiger partial charge < -0.3 is 48.4 Å². The van der Waals surface area contributed by atoms with Crippen LogP contribution in [-0.4, -0.2) is 188 Å². The van der Waals surface area contributed by atoms with E-state index in [1.807, 2.05) is 23.6 Å². The van der Waals surface area contributed by atoms with Gasteiger partial charge in [0.1, 0.15) is 22.6 Å². The highest BCUT2D eigenvalue weighted by molar-refractivity contribution is 6.01. The lowest BCUT2D eigenvalue weighted by Gasteiger charge is -2.43. The average molecular weight is 1230 g/mol. The number of aliphatic hydroxyl groups excluding tert-OH is 2. The third kappa shape index (κ3) is 12.5. The molecule has 468 valence electrons. The minimum Gasteiger partial charge on any atom is -0.497 e. The standard InChI is InChI=1S/2C30H33F3N6O5/c2*1-17-15-37(23(16-40)21-10-11-24(43-4)35-28(21)44-5)12-13-38(17)29(41)22-14-34-39-26(30(31,32)33)18(2)25(36-27(22)39)19-6-8-20(42-3)9-7-19/h2*6-11,14,17,23,40H,12-13,15-16H2,1-5H3/t17-,23+;17-,23-/m11/s1. The second-order valence-electron chi connectivity index (χ2n) is 20.9. The van der Waals surface area contributed by atoms with E-state index < -0.39 is 47.6 Å². The molecule has 8 aromatic rings. The first-order valence-electron chi connectivity index (χ1n) is 27.7. The number of aromatic nitrogens is 8. The van der Waals surface area contributed by atoms with E-state index >= 15 is 0 Å². The van der Waals surface area contributed by atoms with Crippen LogP contribution in [0.2, 0.25) is 0 Å². The van der Waals surface area contributed by atoms with Crippen LogP contribution in [0.4, 0.5) is 26.3 Å². The van der Waals surface area contributed by atoms with E-state index in [0.29, 0.717) is 92.5 Å². The lowest BCUT2D eigenvalue weighted by molar-refractivity contribution is -0.144. The van der Waals surface area contributed by atoms with Gasteiger partial charge in [-0.2, -0.15) is 46.5 Å². The van der Waals surface area contributed by atoms with Crippen molar-refractivity contribution in [2.75, 3.05) is 95.1 Å². The van der Waals surface area contributed by atoms with Gasteiger partial charge in [-0.3, -0.25) is 19.4 Å². The molecule has 88 heavy (non-hydrogen) atoms. The quantitative estimate of drug-likeness (QED) is 0.0872. The van der Waals surface area contributed by atoms with Crippen molar-refractivity contribution in [2.45, 2.75) is 64.2 Å². The van der Waals surface area contributed by atoms with E-state index in [1.54, 1.807) is 82.6 Å². The van der Waals surface area contributed by atoms with Gasteiger partial charge in [0.2, 0.25) is 23.5 Å². The monoisotopic (exact) mass is 1230 g/mol. The van der Waals surface area contributed by atoms with Crippen LogP contribution in [0.25, 0.3) is 33.8 Å². The molecule has 0 bridgehead atoms. The van der Waals surface area contributed by atoms with Crippen molar-refractivity contribution in [3.05, 3.63) is 130 Å². The summed E-state index contributed by atoms with van der Waals surface area (Å²) in [5, 5.41) is 28.6. The fourth-order valence-corrected chi connectivity index (χ4v) is 11.4. The third-order valence-corrected chi connectivity index (χ3v) is 15.8. The Hall–Kier alpha value is -8.86. The van der Waals surface area contributed by atoms with Crippen molar-refractivity contribution in [1.82, 2.24) is 58.8 Å². The number of aliphatic hydroxyl groups is 2. The number of nitrogens with zero attached hydrogens (tertiary/aromatic N) is 12. The van der Waals surface area contributed by atoms with Gasteiger partial charge in [0.25, 0.3) is 11.8 Å². The number of fused-ring (bicyclic) bond motifs is 2. The number of methoxy groups -OCH3 is 6. The number of carbonyl (C=O) groups excluding carboxylic acids is 2. The highest BCUT2D eigenvalue weighted by Gasteiger charge is 2.42. The molecule has 2 saturated heterocycles. The van der Waals surface area contributed by atoms with Crippen LogP contribution in [0.1, 0.15) is 80.3 Å². The minimum absolute atomic E-state index is 0.0368. The number of amides is 2. The number of hydrogen-bond donors (Lipinski definition) is 2. The van der Waals surface area contributed by atoms with Crippen molar-refractivity contribution in [3.8, 4) is 57.5 Å². The summed E-state index contributed by atoms with van der Waals surface area (Å²) in [6.45, 7) is 7.93. The molecule has 0 saturated carbocycles. The summed E-state index contributed by atoms with van der Waals surface area (Å²) in [5.74, 6) is 1.48. The van der Waals surface area contributed by atoms with Gasteiger partial charge in [-0.05, 0) is 88.4 Å². The van der Waals surface area contributed by atoms with Crippen LogP contribution in [0.15, 0.2) is 85.2 Å². The van der Waals surface area contributed by atoms with Crippen LogP contribution in [0, 0.1) is 13.8 Å². The summed E-state index contributed by atoms with van der Waals surface area (Å²) in [6, 6.07) is 18.3. The molecule has 8 heterocycles. The van der Waals surface area contributed by atoms with Crippen molar-refractivity contribution >= 4 is 23.1 Å². The highest BCUT2D eigenvalue weighted by atomic mass is 19.4. The number of carbonyl (C=O) groups is 2. The van der Waals surface area contributed by atoms with Crippen LogP contribution in [-0.2, 0) is 12.4 Å². The molecule has 2 N–H and O–H groups in total. The average Bonchev–Trinajstić information content (AvgIpc) is 1.80. The smallest absolute Gasteiger partial charge is 0.433 e. The van der Waals surface area contributed by atoms with Gasteiger partial charge in [0.15, 0.2) is 22.7 Å². The van der Waals surface area contributed by atoms with Gasteiger partial charge in [0.05, 0.1) is 91.7 Å². The number of pyridine rings is 2. The zero-order chi connectivity index (χ0) is 63.5. The molecular formula is C60H66F6N12O10. The number of hydrogen-bond acceptors (Lipinski definition) is 18. The maximum atomic E-state index is 14.4. The first-order chi connectivity index (χ1) is 42.0. The highest BCUT2D eigenvalue weighted by Crippen LogP contribution is 2.40. The predicted molar refractivity (Wildman–Crippen MR) is 308 cm³/mol. The van der Waals surface area contributed by atoms with E-state index in [0.717, 1.165) is 12.4 Å². The van der Waals surface area contributed by atoms with Crippen molar-refractivity contribution < 1.29 is 74.6 Å². The van der Waals surface area contributed by atoms with E-state index in [2.05, 4.69) is 30.1 Å². The lowest BCUT2D eigenvalue weighted by atomic mass is 10.0. The summed E-state index contributed by atoms with van der Waals surface area (Å²) in [5.41, 5.74) is -0.284. The Morgan fingerprint density at radius 3 is 1.18 bits per heavy atom. The number of alkyl halides is 6. The SMILES string of the molecule is COc1ccc(-c2nc3c(C(=O)N4CCN([C@@H](CO)c5ccc(OC)nc5OC)C[C@H]4C)cnn3c(C(F)(F)F)c2C)cc1.COc1ccc(-c2nc3c(C(=O)N4CCN([C@H](CO)c5ccc(OC)nc5OC)C[C@H]4C)cnn3c(C(F)(F)F)c2C)cc1. The molecule has 0 aliphatic carbocycles. The molecule has 2 aliphatic rings. The van der Waals surface area contributed by atoms with E-state index in [-0.39, 0.29) is 83.3 Å². The third-order valence-electron chi connectivity index (χ3n) is 15.8. The first-order valence-corrected chi connectivity index (χ1v) is 27.7. The molecule has 2 amide bonds. The predicted octanol–water partition coefficient (Wildman–Crippen LogP) is 8.05. The van der Waals surface area contributed by atoms with Gasteiger partial charge in [-0.15, -0.1) is 0 Å². The summed E-state index contributed by atoms with van der Waals surface area (Å²) < 4.78 is 119. The molecule has 6 aromatic heterocycles. The normalized spacial score (nSPS) is 16.7. The first kappa shape index (κ1) is 63.6. The lowest BCUT2D eigenvalue weighted by Crippen LogP contribution is -2.55. The fourth-order valence-electron chi connectivity index (χ4n) is 11.4. The van der Waals surface area contributed by atoms with Crippen LogP contribution in [0.3, 0.4) is 0 Å². The Balaban J connectivity index is 0.000000209. The number of rotatable bonds is 16. The largest absolute Gasteiger partial charge is 0.497 e. The Morgan fingerprint density at radius 1 is 0.523 bits per heavy atom. The Labute approximate surface area is 501 Å². The Bertz CT molecular complexity index is 3560. The van der Waals surface area contributed by atoms with E-state index in [9.17, 15) is 46.1 Å².